The third-order valence-corrected chi connectivity index (χ3v) is 3.08. The van der Waals surface area contributed by atoms with Crippen molar-refractivity contribution in [2.45, 2.75) is 20.3 Å². The Morgan fingerprint density at radius 2 is 2.00 bits per heavy atom. The SMILES string of the molecule is CCCN(CCN)c1nc2ccccc2cc1C. The van der Waals surface area contributed by atoms with E-state index in [2.05, 4.69) is 36.9 Å². The molecule has 0 radical (unpaired) electrons. The summed E-state index contributed by atoms with van der Waals surface area (Å²) in [5.41, 5.74) is 7.96. The Balaban J connectivity index is 2.44. The minimum atomic E-state index is 0.661. The van der Waals surface area contributed by atoms with Crippen LogP contribution in [0.2, 0.25) is 0 Å². The van der Waals surface area contributed by atoms with Gasteiger partial charge in [0.15, 0.2) is 0 Å². The summed E-state index contributed by atoms with van der Waals surface area (Å²) < 4.78 is 0. The molecule has 0 saturated heterocycles. The van der Waals surface area contributed by atoms with E-state index in [0.29, 0.717) is 6.54 Å². The smallest absolute Gasteiger partial charge is 0.132 e. The van der Waals surface area contributed by atoms with E-state index < -0.39 is 0 Å². The highest BCUT2D eigenvalue weighted by Gasteiger charge is 2.10. The largest absolute Gasteiger partial charge is 0.355 e. The highest BCUT2D eigenvalue weighted by atomic mass is 15.2. The van der Waals surface area contributed by atoms with Crippen molar-refractivity contribution in [3.63, 3.8) is 0 Å². The van der Waals surface area contributed by atoms with E-state index in [1.807, 2.05) is 12.1 Å². The van der Waals surface area contributed by atoms with E-state index >= 15 is 0 Å². The third-order valence-electron chi connectivity index (χ3n) is 3.08. The lowest BCUT2D eigenvalue weighted by Crippen LogP contribution is -2.31. The molecule has 2 N–H and O–H groups in total. The molecule has 1 aromatic carbocycles. The molecule has 0 spiro atoms. The highest BCUT2D eigenvalue weighted by Crippen LogP contribution is 2.22. The van der Waals surface area contributed by atoms with Crippen LogP contribution in [0.15, 0.2) is 30.3 Å². The highest BCUT2D eigenvalue weighted by molar-refractivity contribution is 5.81. The molecule has 3 heteroatoms. The van der Waals surface area contributed by atoms with E-state index in [4.69, 9.17) is 10.7 Å². The standard InChI is InChI=1S/C15H21N3/c1-3-9-18(10-8-16)15-12(2)11-13-6-4-5-7-14(13)17-15/h4-7,11H,3,8-10,16H2,1-2H3. The van der Waals surface area contributed by atoms with Crippen LogP contribution in [0.1, 0.15) is 18.9 Å². The first-order chi connectivity index (χ1) is 8.76. The van der Waals surface area contributed by atoms with E-state index in [0.717, 1.165) is 30.8 Å². The van der Waals surface area contributed by atoms with Gasteiger partial charge in [-0.25, -0.2) is 4.98 Å². The summed E-state index contributed by atoms with van der Waals surface area (Å²) in [6.45, 7) is 6.82. The van der Waals surface area contributed by atoms with Gasteiger partial charge in [-0.05, 0) is 31.0 Å². The summed E-state index contributed by atoms with van der Waals surface area (Å²) in [5.74, 6) is 1.07. The van der Waals surface area contributed by atoms with Crippen molar-refractivity contribution in [2.24, 2.45) is 5.73 Å². The molecule has 1 aromatic heterocycles. The molecule has 0 amide bonds. The molecule has 0 saturated carbocycles. The van der Waals surface area contributed by atoms with Crippen LogP contribution in [-0.4, -0.2) is 24.6 Å². The quantitative estimate of drug-likeness (QED) is 0.878. The van der Waals surface area contributed by atoms with Crippen LogP contribution in [0.5, 0.6) is 0 Å². The number of para-hydroxylation sites is 1. The minimum Gasteiger partial charge on any atom is -0.355 e. The Labute approximate surface area is 109 Å². The van der Waals surface area contributed by atoms with Crippen molar-refractivity contribution in [2.75, 3.05) is 24.5 Å². The van der Waals surface area contributed by atoms with Gasteiger partial charge < -0.3 is 10.6 Å². The van der Waals surface area contributed by atoms with Gasteiger partial charge in [0.1, 0.15) is 5.82 Å². The van der Waals surface area contributed by atoms with Gasteiger partial charge in [-0.15, -0.1) is 0 Å². The second kappa shape index (κ2) is 5.83. The van der Waals surface area contributed by atoms with Crippen LogP contribution in [0, 0.1) is 6.92 Å². The molecule has 3 nitrogen and oxygen atoms in total. The van der Waals surface area contributed by atoms with Gasteiger partial charge in [0.05, 0.1) is 5.52 Å². The number of anilines is 1. The number of fused-ring (bicyclic) bond motifs is 1. The van der Waals surface area contributed by atoms with E-state index in [9.17, 15) is 0 Å². The van der Waals surface area contributed by atoms with Crippen LogP contribution in [-0.2, 0) is 0 Å². The van der Waals surface area contributed by atoms with Gasteiger partial charge in [-0.3, -0.25) is 0 Å². The minimum absolute atomic E-state index is 0.661. The van der Waals surface area contributed by atoms with Crippen molar-refractivity contribution < 1.29 is 0 Å². The number of pyridine rings is 1. The lowest BCUT2D eigenvalue weighted by molar-refractivity contribution is 0.750. The second-order valence-corrected chi connectivity index (χ2v) is 4.60. The predicted molar refractivity (Wildman–Crippen MR) is 78.0 cm³/mol. The number of nitrogens with zero attached hydrogens (tertiary/aromatic N) is 2. The topological polar surface area (TPSA) is 42.1 Å². The number of nitrogens with two attached hydrogens (primary N) is 1. The van der Waals surface area contributed by atoms with Crippen molar-refractivity contribution in [3.05, 3.63) is 35.9 Å². The van der Waals surface area contributed by atoms with Gasteiger partial charge >= 0.3 is 0 Å². The van der Waals surface area contributed by atoms with E-state index in [1.54, 1.807) is 0 Å². The molecule has 0 bridgehead atoms. The number of aromatic nitrogens is 1. The van der Waals surface area contributed by atoms with Crippen LogP contribution in [0.4, 0.5) is 5.82 Å². The molecule has 2 rings (SSSR count). The number of aryl methyl sites for hydroxylation is 1. The number of hydrogen-bond acceptors (Lipinski definition) is 3. The molecular weight excluding hydrogens is 222 g/mol. The van der Waals surface area contributed by atoms with Gasteiger partial charge in [0.2, 0.25) is 0 Å². The molecule has 0 atom stereocenters. The molecular formula is C15H21N3. The van der Waals surface area contributed by atoms with Gasteiger partial charge in [-0.2, -0.15) is 0 Å². The first-order valence-electron chi connectivity index (χ1n) is 6.57. The van der Waals surface area contributed by atoms with Gasteiger partial charge in [-0.1, -0.05) is 25.1 Å². The molecule has 0 unspecified atom stereocenters. The van der Waals surface area contributed by atoms with Crippen molar-refractivity contribution in [3.8, 4) is 0 Å². The normalized spacial score (nSPS) is 10.8. The molecule has 2 aromatic rings. The van der Waals surface area contributed by atoms with Crippen molar-refractivity contribution in [1.29, 1.82) is 0 Å². The van der Waals surface area contributed by atoms with Crippen LogP contribution >= 0.6 is 0 Å². The van der Waals surface area contributed by atoms with E-state index in [-0.39, 0.29) is 0 Å². The number of rotatable bonds is 5. The summed E-state index contributed by atoms with van der Waals surface area (Å²) in [6, 6.07) is 10.4. The summed E-state index contributed by atoms with van der Waals surface area (Å²) in [7, 11) is 0. The average Bonchev–Trinajstić information content (AvgIpc) is 2.38. The summed E-state index contributed by atoms with van der Waals surface area (Å²) in [4.78, 5) is 7.06. The molecule has 0 aliphatic heterocycles. The summed E-state index contributed by atoms with van der Waals surface area (Å²) >= 11 is 0. The van der Waals surface area contributed by atoms with Crippen molar-refractivity contribution >= 4 is 16.7 Å². The monoisotopic (exact) mass is 243 g/mol. The Bertz CT molecular complexity index is 516. The van der Waals surface area contributed by atoms with E-state index in [1.165, 1.54) is 10.9 Å². The first-order valence-corrected chi connectivity index (χ1v) is 6.57. The van der Waals surface area contributed by atoms with Crippen LogP contribution in [0.25, 0.3) is 10.9 Å². The van der Waals surface area contributed by atoms with Crippen LogP contribution in [0.3, 0.4) is 0 Å². The average molecular weight is 243 g/mol. The molecule has 18 heavy (non-hydrogen) atoms. The zero-order valence-corrected chi connectivity index (χ0v) is 11.2. The first kappa shape index (κ1) is 12.8. The van der Waals surface area contributed by atoms with Gasteiger partial charge in [0.25, 0.3) is 0 Å². The maximum absolute atomic E-state index is 5.69. The fourth-order valence-electron chi connectivity index (χ4n) is 2.28. The third kappa shape index (κ3) is 2.62. The van der Waals surface area contributed by atoms with Crippen LogP contribution < -0.4 is 10.6 Å². The van der Waals surface area contributed by atoms with Gasteiger partial charge in [0, 0.05) is 25.0 Å². The molecule has 0 fully saturated rings. The molecule has 1 heterocycles. The maximum atomic E-state index is 5.69. The summed E-state index contributed by atoms with van der Waals surface area (Å²) in [5, 5.41) is 1.20. The fraction of sp³-hybridized carbons (Fsp3) is 0.400. The second-order valence-electron chi connectivity index (χ2n) is 4.60. The molecule has 0 aliphatic carbocycles. The number of hydrogen-bond donors (Lipinski definition) is 1. The Kier molecular flexibility index (Phi) is 4.15. The fourth-order valence-corrected chi connectivity index (χ4v) is 2.28. The zero-order chi connectivity index (χ0) is 13.0. The zero-order valence-electron chi connectivity index (χ0n) is 11.2. The Hall–Kier alpha value is -1.61. The lowest BCUT2D eigenvalue weighted by Gasteiger charge is -2.24. The Morgan fingerprint density at radius 3 is 2.72 bits per heavy atom. The summed E-state index contributed by atoms with van der Waals surface area (Å²) in [6.07, 6.45) is 1.11. The predicted octanol–water partition coefficient (Wildman–Crippen LogP) is 2.72. The number of benzene rings is 1. The lowest BCUT2D eigenvalue weighted by atomic mass is 10.1. The van der Waals surface area contributed by atoms with Crippen molar-refractivity contribution in [1.82, 2.24) is 4.98 Å². The maximum Gasteiger partial charge on any atom is 0.132 e. The Morgan fingerprint density at radius 1 is 1.22 bits per heavy atom. The molecule has 96 valence electrons. The molecule has 0 aliphatic rings.